The van der Waals surface area contributed by atoms with Crippen molar-refractivity contribution in [1.29, 1.82) is 0 Å². The molecule has 0 aliphatic carbocycles. The molecule has 0 amide bonds. The Morgan fingerprint density at radius 1 is 0.958 bits per heavy atom. The largest absolute Gasteiger partial charge is 0.460 e. The summed E-state index contributed by atoms with van der Waals surface area (Å²) in [6, 6.07) is 6.13. The molecule has 24 heavy (non-hydrogen) atoms. The fourth-order valence-electron chi connectivity index (χ4n) is 1.60. The number of hydrogen-bond acceptors (Lipinski definition) is 7. The summed E-state index contributed by atoms with van der Waals surface area (Å²) in [4.78, 5) is 14.4. The van der Waals surface area contributed by atoms with Gasteiger partial charge in [-0.3, -0.25) is 0 Å². The summed E-state index contributed by atoms with van der Waals surface area (Å²) in [7, 11) is 0. The van der Waals surface area contributed by atoms with E-state index in [1.807, 2.05) is 0 Å². The van der Waals surface area contributed by atoms with E-state index < -0.39 is 5.97 Å². The fourth-order valence-corrected chi connectivity index (χ4v) is 1.60. The third-order valence-corrected chi connectivity index (χ3v) is 2.70. The highest BCUT2D eigenvalue weighted by atomic mass is 16.6. The summed E-state index contributed by atoms with van der Waals surface area (Å²) in [6.07, 6.45) is 0. The van der Waals surface area contributed by atoms with Crippen molar-refractivity contribution in [2.24, 2.45) is 5.11 Å². The second-order valence-corrected chi connectivity index (χ2v) is 4.43. The molecule has 0 aliphatic heterocycles. The van der Waals surface area contributed by atoms with Crippen LogP contribution in [0.25, 0.3) is 10.4 Å². The number of hydrogen-bond donors (Lipinski definition) is 1. The van der Waals surface area contributed by atoms with Gasteiger partial charge in [-0.15, -0.1) is 0 Å². The minimum atomic E-state index is -0.469. The lowest BCUT2D eigenvalue weighted by atomic mass is 10.2. The molecule has 0 atom stereocenters. The van der Waals surface area contributed by atoms with E-state index >= 15 is 0 Å². The molecular weight excluding hydrogens is 318 g/mol. The Kier molecular flexibility index (Phi) is 11.0. The second-order valence-electron chi connectivity index (χ2n) is 4.43. The van der Waals surface area contributed by atoms with Crippen LogP contribution in [0.15, 0.2) is 29.4 Å². The number of carbonyl (C=O) groups excluding carboxylic acids is 1. The zero-order valence-electron chi connectivity index (χ0n) is 13.3. The van der Waals surface area contributed by atoms with Crippen LogP contribution in [0.1, 0.15) is 10.4 Å². The van der Waals surface area contributed by atoms with Crippen molar-refractivity contribution >= 4 is 11.7 Å². The molecule has 0 aromatic heterocycles. The van der Waals surface area contributed by atoms with Crippen molar-refractivity contribution in [1.82, 2.24) is 0 Å². The van der Waals surface area contributed by atoms with Crippen LogP contribution < -0.4 is 0 Å². The Morgan fingerprint density at radius 3 is 2.04 bits per heavy atom. The predicted octanol–water partition coefficient (Wildman–Crippen LogP) is 1.83. The van der Waals surface area contributed by atoms with Gasteiger partial charge in [-0.05, 0) is 17.7 Å². The third kappa shape index (κ3) is 9.09. The van der Waals surface area contributed by atoms with Crippen LogP contribution in [0.2, 0.25) is 0 Å². The molecule has 0 saturated carbocycles. The lowest BCUT2D eigenvalue weighted by molar-refractivity contribution is -0.00313. The van der Waals surface area contributed by atoms with Crippen LogP contribution in [0.4, 0.5) is 5.69 Å². The molecule has 9 nitrogen and oxygen atoms in total. The molecule has 0 unspecified atom stereocenters. The van der Waals surface area contributed by atoms with Crippen molar-refractivity contribution in [3.05, 3.63) is 40.3 Å². The van der Waals surface area contributed by atoms with E-state index in [2.05, 4.69) is 10.0 Å². The molecular formula is C15H21N3O6. The van der Waals surface area contributed by atoms with E-state index in [-0.39, 0.29) is 19.8 Å². The van der Waals surface area contributed by atoms with Gasteiger partial charge >= 0.3 is 5.97 Å². The van der Waals surface area contributed by atoms with Gasteiger partial charge in [0.05, 0.1) is 51.8 Å². The van der Waals surface area contributed by atoms with E-state index in [1.54, 1.807) is 0 Å². The monoisotopic (exact) mass is 339 g/mol. The summed E-state index contributed by atoms with van der Waals surface area (Å²) in [6.45, 7) is 2.37. The lowest BCUT2D eigenvalue weighted by Crippen LogP contribution is -2.14. The topological polar surface area (TPSA) is 123 Å². The highest BCUT2D eigenvalue weighted by Crippen LogP contribution is 2.13. The quantitative estimate of drug-likeness (QED) is 0.192. The average Bonchev–Trinajstić information content (AvgIpc) is 2.60. The standard InChI is InChI=1S/C15H21N3O6/c16-18-17-14-3-1-13(2-4-14)15(20)24-12-11-23-10-9-22-8-7-21-6-5-19/h1-4,19H,5-12H2. The van der Waals surface area contributed by atoms with Gasteiger partial charge in [0.15, 0.2) is 0 Å². The summed E-state index contributed by atoms with van der Waals surface area (Å²) in [5, 5.41) is 11.9. The first-order valence-electron chi connectivity index (χ1n) is 7.44. The molecule has 0 aliphatic rings. The normalized spacial score (nSPS) is 10.2. The van der Waals surface area contributed by atoms with Crippen LogP contribution in [-0.2, 0) is 18.9 Å². The van der Waals surface area contributed by atoms with Gasteiger partial charge in [-0.1, -0.05) is 17.2 Å². The van der Waals surface area contributed by atoms with E-state index in [0.717, 1.165) is 0 Å². The van der Waals surface area contributed by atoms with Crippen LogP contribution in [0.5, 0.6) is 0 Å². The third-order valence-electron chi connectivity index (χ3n) is 2.70. The highest BCUT2D eigenvalue weighted by molar-refractivity contribution is 5.89. The Hall–Kier alpha value is -2.16. The van der Waals surface area contributed by atoms with Crippen LogP contribution in [0, 0.1) is 0 Å². The number of benzene rings is 1. The maximum absolute atomic E-state index is 11.7. The fraction of sp³-hybridized carbons (Fsp3) is 0.533. The summed E-state index contributed by atoms with van der Waals surface area (Å²) in [5.41, 5.74) is 9.10. The molecule has 0 radical (unpaired) electrons. The number of rotatable bonds is 13. The minimum absolute atomic E-state index is 0.000218. The van der Waals surface area contributed by atoms with Gasteiger partial charge in [0, 0.05) is 10.6 Å². The smallest absolute Gasteiger partial charge is 0.338 e. The Morgan fingerprint density at radius 2 is 1.50 bits per heavy atom. The molecule has 1 N–H and O–H groups in total. The van der Waals surface area contributed by atoms with Crippen LogP contribution in [-0.4, -0.2) is 63.9 Å². The predicted molar refractivity (Wildman–Crippen MR) is 85.1 cm³/mol. The summed E-state index contributed by atoms with van der Waals surface area (Å²) >= 11 is 0. The molecule has 0 bridgehead atoms. The highest BCUT2D eigenvalue weighted by Gasteiger charge is 2.06. The maximum Gasteiger partial charge on any atom is 0.338 e. The number of ether oxygens (including phenoxy) is 4. The molecule has 0 spiro atoms. The second kappa shape index (κ2) is 13.3. The molecule has 0 saturated heterocycles. The number of azide groups is 1. The zero-order valence-corrected chi connectivity index (χ0v) is 13.3. The molecule has 9 heteroatoms. The van der Waals surface area contributed by atoms with Crippen molar-refractivity contribution in [2.75, 3.05) is 52.9 Å². The van der Waals surface area contributed by atoms with Gasteiger partial charge in [0.2, 0.25) is 0 Å². The van der Waals surface area contributed by atoms with Crippen molar-refractivity contribution < 1.29 is 28.8 Å². The van der Waals surface area contributed by atoms with Crippen LogP contribution in [0.3, 0.4) is 0 Å². The van der Waals surface area contributed by atoms with E-state index in [0.29, 0.717) is 44.3 Å². The minimum Gasteiger partial charge on any atom is -0.460 e. The molecule has 1 aromatic carbocycles. The van der Waals surface area contributed by atoms with Gasteiger partial charge in [-0.25, -0.2) is 4.79 Å². The van der Waals surface area contributed by atoms with Gasteiger partial charge in [0.25, 0.3) is 0 Å². The first kappa shape index (κ1) is 19.9. The lowest BCUT2D eigenvalue weighted by Gasteiger charge is -2.07. The molecule has 132 valence electrons. The first-order valence-corrected chi connectivity index (χ1v) is 7.44. The Bertz CT molecular complexity index is 516. The van der Waals surface area contributed by atoms with Gasteiger partial charge in [-0.2, -0.15) is 0 Å². The van der Waals surface area contributed by atoms with Crippen molar-refractivity contribution in [2.45, 2.75) is 0 Å². The van der Waals surface area contributed by atoms with E-state index in [4.69, 9.17) is 29.6 Å². The molecule has 1 aromatic rings. The Balaban J connectivity index is 2.02. The zero-order chi connectivity index (χ0) is 17.5. The van der Waals surface area contributed by atoms with Crippen molar-refractivity contribution in [3.8, 4) is 0 Å². The number of esters is 1. The Labute approximate surface area is 139 Å². The van der Waals surface area contributed by atoms with E-state index in [9.17, 15) is 4.79 Å². The summed E-state index contributed by atoms with van der Waals surface area (Å²) in [5.74, 6) is -0.469. The molecule has 0 heterocycles. The molecule has 1 rings (SSSR count). The maximum atomic E-state index is 11.7. The van der Waals surface area contributed by atoms with Gasteiger partial charge < -0.3 is 24.1 Å². The number of carbonyl (C=O) groups is 1. The SMILES string of the molecule is [N-]=[N+]=Nc1ccc(C(=O)OCCOCCOCCOCCO)cc1. The van der Waals surface area contributed by atoms with E-state index in [1.165, 1.54) is 24.3 Å². The average molecular weight is 339 g/mol. The first-order chi connectivity index (χ1) is 11.8. The van der Waals surface area contributed by atoms with Crippen molar-refractivity contribution in [3.63, 3.8) is 0 Å². The number of aliphatic hydroxyl groups excluding tert-OH is 1. The van der Waals surface area contributed by atoms with Crippen LogP contribution >= 0.6 is 0 Å². The number of nitrogens with zero attached hydrogens (tertiary/aromatic N) is 3. The number of aliphatic hydroxyl groups is 1. The van der Waals surface area contributed by atoms with Gasteiger partial charge in [0.1, 0.15) is 6.61 Å². The summed E-state index contributed by atoms with van der Waals surface area (Å²) < 4.78 is 20.6. The molecule has 0 fully saturated rings.